The molecule has 2 atom stereocenters. The Kier molecular flexibility index (Phi) is 12.2. The molecule has 3 aliphatic rings. The van der Waals surface area contributed by atoms with Crippen LogP contribution < -0.4 is 0 Å². The molecule has 20 rings (SSSR count). The summed E-state index contributed by atoms with van der Waals surface area (Å²) >= 11 is 0. The first-order valence-electron chi connectivity index (χ1n) is 31.9. The topological polar surface area (TPSA) is 87.2 Å². The molecule has 2 bridgehead atoms. The third-order valence-electron chi connectivity index (χ3n) is 19.3. The average Bonchev–Trinajstić information content (AvgIpc) is 0.935. The molecule has 0 aliphatic heterocycles. The molecule has 0 radical (unpaired) electrons. The summed E-state index contributed by atoms with van der Waals surface area (Å²) < 4.78 is 4.64. The number of para-hydroxylation sites is 2. The minimum atomic E-state index is 0.0206. The molecule has 2 unspecified atom stereocenters. The first kappa shape index (κ1) is 53.3. The second-order valence-electron chi connectivity index (χ2n) is 24.6. The second-order valence-corrected chi connectivity index (χ2v) is 24.6. The molecule has 0 saturated carbocycles. The Hall–Kier alpha value is -12.5. The lowest BCUT2D eigenvalue weighted by molar-refractivity contribution is 0.755. The summed E-state index contributed by atoms with van der Waals surface area (Å²) in [6, 6.07) is 104. The van der Waals surface area contributed by atoms with Gasteiger partial charge in [0.25, 0.3) is 0 Å². The number of hydrogen-bond acceptors (Lipinski definition) is 6. The molecule has 0 saturated heterocycles. The zero-order valence-corrected chi connectivity index (χ0v) is 50.8. The molecule has 8 heteroatoms. The van der Waals surface area contributed by atoms with E-state index in [9.17, 15) is 0 Å². The Balaban J connectivity index is 0.664. The summed E-state index contributed by atoms with van der Waals surface area (Å²) in [5, 5.41) is 4.58. The van der Waals surface area contributed by atoms with E-state index in [1.807, 2.05) is 36.9 Å². The van der Waals surface area contributed by atoms with Gasteiger partial charge in [-0.15, -0.1) is 0 Å². The normalized spacial score (nSPS) is 13.7. The summed E-state index contributed by atoms with van der Waals surface area (Å²) in [7, 11) is 0. The summed E-state index contributed by atoms with van der Waals surface area (Å²) in [5.74, 6) is 1.41. The van der Waals surface area contributed by atoms with Crippen molar-refractivity contribution in [3.05, 3.63) is 349 Å². The third kappa shape index (κ3) is 8.75. The first-order chi connectivity index (χ1) is 46.6. The lowest BCUT2D eigenvalue weighted by Crippen LogP contribution is -2.27. The van der Waals surface area contributed by atoms with Crippen LogP contribution in [-0.2, 0) is 0 Å². The summed E-state index contributed by atoms with van der Waals surface area (Å²) in [6.45, 7) is 0. The zero-order valence-electron chi connectivity index (χ0n) is 50.8. The number of rotatable bonds is 10. The fourth-order valence-corrected chi connectivity index (χ4v) is 14.9. The Bertz CT molecular complexity index is 5480. The SMILES string of the molecule is c1ccc(-c2nc(-c3ccc(-c4ccc5c(c4)c4cnccc4n5-c4ccccc4)cc3)cc(-c3ccc4c(c3)C3c5ccccc5C4c4cc(-c5cc(-c6ccc(-c7ccc8c(c7)c7cnccc7n8-c7ccccc7)cc6)nc(-c6ccccc6)n5)ccc43)n2)cc1. The average molecular weight is 1200 g/mol. The molecule has 0 N–H and O–H groups in total. The van der Waals surface area contributed by atoms with Crippen LogP contribution in [0.3, 0.4) is 0 Å². The van der Waals surface area contributed by atoms with Gasteiger partial charge in [-0.25, -0.2) is 19.9 Å². The van der Waals surface area contributed by atoms with Crippen LogP contribution in [0.15, 0.2) is 316 Å². The van der Waals surface area contributed by atoms with E-state index in [1.54, 1.807) is 0 Å². The highest BCUT2D eigenvalue weighted by Gasteiger charge is 2.41. The highest BCUT2D eigenvalue weighted by molar-refractivity contribution is 6.11. The Labute approximate surface area is 542 Å². The van der Waals surface area contributed by atoms with Gasteiger partial charge >= 0.3 is 0 Å². The van der Waals surface area contributed by atoms with Crippen molar-refractivity contribution in [1.82, 2.24) is 39.0 Å². The zero-order chi connectivity index (χ0) is 61.8. The van der Waals surface area contributed by atoms with Crippen molar-refractivity contribution in [2.45, 2.75) is 11.8 Å². The molecule has 6 heterocycles. The van der Waals surface area contributed by atoms with Crippen molar-refractivity contribution < 1.29 is 0 Å². The molecule has 3 aliphatic carbocycles. The predicted molar refractivity (Wildman–Crippen MR) is 380 cm³/mol. The standard InChI is InChI=1S/C86H54N8/c1-5-15-57(16-6-1)85-89-75(55-29-25-53(26-30-55)59-35-39-79-69(45-59)73-51-87-43-41-81(73)93(79)63-19-9-3-10-20-63)49-77(91-85)61-33-37-67-71(47-61)83-65-23-13-14-24-66(65)84(67)72-48-62(34-38-68(72)83)78-50-76(90-86(92-78)58-17-7-2-8-18-58)56-31-27-54(28-32-56)60-36-40-80-70(46-60)74-52-88-44-42-82(74)94(80)64-21-11-4-12-22-64/h1-52,83-84H. The van der Waals surface area contributed by atoms with E-state index in [0.717, 1.165) is 123 Å². The van der Waals surface area contributed by atoms with Crippen molar-refractivity contribution in [2.24, 2.45) is 0 Å². The third-order valence-corrected chi connectivity index (χ3v) is 19.3. The Morgan fingerprint density at radius 2 is 0.553 bits per heavy atom. The molecule has 8 nitrogen and oxygen atoms in total. The van der Waals surface area contributed by atoms with Crippen molar-refractivity contribution >= 4 is 43.6 Å². The van der Waals surface area contributed by atoms with Gasteiger partial charge < -0.3 is 9.13 Å². The summed E-state index contributed by atoms with van der Waals surface area (Å²) in [6.07, 6.45) is 7.70. The van der Waals surface area contributed by atoms with E-state index in [-0.39, 0.29) is 11.8 Å². The van der Waals surface area contributed by atoms with E-state index >= 15 is 0 Å². The Morgan fingerprint density at radius 3 is 0.968 bits per heavy atom. The van der Waals surface area contributed by atoms with Crippen molar-refractivity contribution in [3.8, 4) is 101 Å². The van der Waals surface area contributed by atoms with Crippen LogP contribution in [0.4, 0.5) is 0 Å². The van der Waals surface area contributed by atoms with Crippen molar-refractivity contribution in [1.29, 1.82) is 0 Å². The van der Waals surface area contributed by atoms with Crippen LogP contribution in [0.25, 0.3) is 145 Å². The quantitative estimate of drug-likeness (QED) is 0.136. The first-order valence-corrected chi connectivity index (χ1v) is 31.9. The van der Waals surface area contributed by atoms with Crippen molar-refractivity contribution in [3.63, 3.8) is 0 Å². The number of fused-ring (bicyclic) bond motifs is 6. The highest BCUT2D eigenvalue weighted by Crippen LogP contribution is 2.57. The van der Waals surface area contributed by atoms with E-state index < -0.39 is 0 Å². The van der Waals surface area contributed by atoms with E-state index in [1.165, 1.54) is 44.2 Å². The second kappa shape index (κ2) is 21.6. The predicted octanol–water partition coefficient (Wildman–Crippen LogP) is 20.6. The fourth-order valence-electron chi connectivity index (χ4n) is 14.9. The number of aromatic nitrogens is 8. The molecule has 11 aromatic carbocycles. The molecule has 17 aromatic rings. The van der Waals surface area contributed by atoms with Gasteiger partial charge in [0.1, 0.15) is 0 Å². The van der Waals surface area contributed by atoms with Crippen LogP contribution in [0, 0.1) is 0 Å². The van der Waals surface area contributed by atoms with Crippen molar-refractivity contribution in [2.75, 3.05) is 0 Å². The maximum Gasteiger partial charge on any atom is 0.160 e. The molecular formula is C86H54N8. The van der Waals surface area contributed by atoms with Gasteiger partial charge in [0.05, 0.1) is 44.8 Å². The van der Waals surface area contributed by atoms with Crippen LogP contribution in [0.2, 0.25) is 0 Å². The highest BCUT2D eigenvalue weighted by atomic mass is 15.0. The maximum atomic E-state index is 5.36. The van der Waals surface area contributed by atoms with Gasteiger partial charge in [-0.2, -0.15) is 0 Å². The van der Waals surface area contributed by atoms with Gasteiger partial charge in [0.2, 0.25) is 0 Å². The van der Waals surface area contributed by atoms with Crippen LogP contribution in [0.1, 0.15) is 45.2 Å². The molecule has 0 amide bonds. The maximum absolute atomic E-state index is 5.36. The molecular weight excluding hydrogens is 1150 g/mol. The molecule has 6 aromatic heterocycles. The molecule has 438 valence electrons. The monoisotopic (exact) mass is 1200 g/mol. The number of pyridine rings is 2. The smallest absolute Gasteiger partial charge is 0.160 e. The minimum absolute atomic E-state index is 0.0206. The van der Waals surface area contributed by atoms with E-state index in [2.05, 4.69) is 298 Å². The van der Waals surface area contributed by atoms with Crippen LogP contribution >= 0.6 is 0 Å². The summed E-state index contributed by atoms with van der Waals surface area (Å²) in [4.78, 5) is 30.4. The lowest BCUT2D eigenvalue weighted by Gasteiger charge is -2.42. The molecule has 0 fully saturated rings. The van der Waals surface area contributed by atoms with Gasteiger partial charge in [0, 0.05) is 103 Å². The molecule has 94 heavy (non-hydrogen) atoms. The molecule has 0 spiro atoms. The largest absolute Gasteiger partial charge is 0.309 e. The Morgan fingerprint density at radius 1 is 0.223 bits per heavy atom. The van der Waals surface area contributed by atoms with E-state index in [4.69, 9.17) is 19.9 Å². The van der Waals surface area contributed by atoms with Gasteiger partial charge in [-0.05, 0) is 141 Å². The number of hydrogen-bond donors (Lipinski definition) is 0. The fraction of sp³-hybridized carbons (Fsp3) is 0.0233. The van der Waals surface area contributed by atoms with Gasteiger partial charge in [0.15, 0.2) is 11.6 Å². The number of benzene rings is 11. The van der Waals surface area contributed by atoms with Gasteiger partial charge in [-0.3, -0.25) is 9.97 Å². The lowest BCUT2D eigenvalue weighted by atomic mass is 9.60. The minimum Gasteiger partial charge on any atom is -0.309 e. The van der Waals surface area contributed by atoms with Gasteiger partial charge in [-0.1, -0.05) is 206 Å². The van der Waals surface area contributed by atoms with Crippen LogP contribution in [0.5, 0.6) is 0 Å². The number of nitrogens with zero attached hydrogens (tertiary/aromatic N) is 8. The summed E-state index contributed by atoms with van der Waals surface area (Å²) in [5.41, 5.74) is 28.8. The van der Waals surface area contributed by atoms with Crippen LogP contribution in [-0.4, -0.2) is 39.0 Å². The van der Waals surface area contributed by atoms with E-state index in [0.29, 0.717) is 11.6 Å².